The molecule has 116 valence electrons. The summed E-state index contributed by atoms with van der Waals surface area (Å²) < 4.78 is 24.4. The summed E-state index contributed by atoms with van der Waals surface area (Å²) in [5.74, 6) is 0.351. The number of amides is 1. The van der Waals surface area contributed by atoms with Gasteiger partial charge in [0, 0.05) is 18.5 Å². The van der Waals surface area contributed by atoms with Crippen LogP contribution in [0.2, 0.25) is 0 Å². The SMILES string of the molecule is CCCC[C@H](C)C(=O)N1CCS(=O)(=O)[C@H]2CCCC[C@H]21. The molecule has 0 bridgehead atoms. The maximum atomic E-state index is 12.6. The summed E-state index contributed by atoms with van der Waals surface area (Å²) in [6, 6.07) is -0.0564. The molecule has 3 atom stereocenters. The third kappa shape index (κ3) is 3.18. The zero-order valence-electron chi connectivity index (χ0n) is 12.7. The number of nitrogens with zero attached hydrogens (tertiary/aromatic N) is 1. The van der Waals surface area contributed by atoms with Gasteiger partial charge in [0.2, 0.25) is 5.91 Å². The maximum absolute atomic E-state index is 12.6. The largest absolute Gasteiger partial charge is 0.337 e. The van der Waals surface area contributed by atoms with E-state index in [1.165, 1.54) is 0 Å². The first-order valence-corrected chi connectivity index (χ1v) is 9.71. The number of sulfone groups is 1. The zero-order chi connectivity index (χ0) is 14.8. The van der Waals surface area contributed by atoms with Crippen molar-refractivity contribution in [3.8, 4) is 0 Å². The van der Waals surface area contributed by atoms with Gasteiger partial charge in [0.1, 0.15) is 0 Å². The summed E-state index contributed by atoms with van der Waals surface area (Å²) in [7, 11) is -2.99. The Kier molecular flexibility index (Phi) is 5.10. The highest BCUT2D eigenvalue weighted by molar-refractivity contribution is 7.92. The minimum Gasteiger partial charge on any atom is -0.337 e. The molecule has 0 N–H and O–H groups in total. The van der Waals surface area contributed by atoms with Gasteiger partial charge < -0.3 is 4.90 Å². The molecule has 4 nitrogen and oxygen atoms in total. The lowest BCUT2D eigenvalue weighted by molar-refractivity contribution is -0.138. The molecule has 0 radical (unpaired) electrons. The van der Waals surface area contributed by atoms with E-state index in [2.05, 4.69) is 6.92 Å². The van der Waals surface area contributed by atoms with Crippen LogP contribution in [0.3, 0.4) is 0 Å². The Morgan fingerprint density at radius 3 is 2.70 bits per heavy atom. The highest BCUT2D eigenvalue weighted by Crippen LogP contribution is 2.33. The van der Waals surface area contributed by atoms with Crippen molar-refractivity contribution in [3.63, 3.8) is 0 Å². The van der Waals surface area contributed by atoms with E-state index < -0.39 is 9.84 Å². The Labute approximate surface area is 122 Å². The van der Waals surface area contributed by atoms with Gasteiger partial charge in [-0.05, 0) is 19.3 Å². The van der Waals surface area contributed by atoms with Crippen molar-refractivity contribution in [2.75, 3.05) is 12.3 Å². The Balaban J connectivity index is 2.10. The standard InChI is InChI=1S/C15H27NO3S/c1-3-4-7-12(2)15(17)16-10-11-20(18,19)14-9-6-5-8-13(14)16/h12-14H,3-11H2,1-2H3/t12-,13+,14-/m0/s1. The fourth-order valence-corrected chi connectivity index (χ4v) is 5.63. The van der Waals surface area contributed by atoms with Gasteiger partial charge in [-0.25, -0.2) is 8.42 Å². The lowest BCUT2D eigenvalue weighted by Gasteiger charge is -2.44. The number of hydrogen-bond donors (Lipinski definition) is 0. The van der Waals surface area contributed by atoms with Crippen molar-refractivity contribution in [1.29, 1.82) is 0 Å². The van der Waals surface area contributed by atoms with Crippen molar-refractivity contribution in [2.45, 2.75) is 70.1 Å². The van der Waals surface area contributed by atoms with Crippen molar-refractivity contribution >= 4 is 15.7 Å². The summed E-state index contributed by atoms with van der Waals surface area (Å²) in [4.78, 5) is 14.5. The number of carbonyl (C=O) groups excluding carboxylic acids is 1. The molecule has 0 aromatic carbocycles. The summed E-state index contributed by atoms with van der Waals surface area (Å²) >= 11 is 0. The van der Waals surface area contributed by atoms with Crippen molar-refractivity contribution < 1.29 is 13.2 Å². The lowest BCUT2D eigenvalue weighted by atomic mass is 9.92. The maximum Gasteiger partial charge on any atom is 0.225 e. The summed E-state index contributed by atoms with van der Waals surface area (Å²) in [5.41, 5.74) is 0. The van der Waals surface area contributed by atoms with Crippen LogP contribution in [0.4, 0.5) is 0 Å². The van der Waals surface area contributed by atoms with Gasteiger partial charge in [-0.15, -0.1) is 0 Å². The van der Waals surface area contributed by atoms with Gasteiger partial charge in [0.05, 0.1) is 11.0 Å². The van der Waals surface area contributed by atoms with Crippen LogP contribution >= 0.6 is 0 Å². The number of hydrogen-bond acceptors (Lipinski definition) is 3. The molecule has 1 saturated carbocycles. The van der Waals surface area contributed by atoms with Gasteiger partial charge in [0.25, 0.3) is 0 Å². The third-order valence-electron chi connectivity index (χ3n) is 4.84. The molecule has 1 aliphatic carbocycles. The predicted octanol–water partition coefficient (Wildman–Crippen LogP) is 2.38. The van der Waals surface area contributed by atoms with Crippen LogP contribution in [-0.2, 0) is 14.6 Å². The van der Waals surface area contributed by atoms with Crippen molar-refractivity contribution in [2.24, 2.45) is 5.92 Å². The summed E-state index contributed by atoms with van der Waals surface area (Å²) in [6.07, 6.45) is 6.69. The smallest absolute Gasteiger partial charge is 0.225 e. The first-order chi connectivity index (χ1) is 9.47. The molecule has 0 spiro atoms. The van der Waals surface area contributed by atoms with Gasteiger partial charge in [-0.2, -0.15) is 0 Å². The van der Waals surface area contributed by atoms with Gasteiger partial charge >= 0.3 is 0 Å². The first kappa shape index (κ1) is 15.8. The molecule has 0 aromatic heterocycles. The molecule has 0 aromatic rings. The lowest BCUT2D eigenvalue weighted by Crippen LogP contribution is -2.58. The van der Waals surface area contributed by atoms with Gasteiger partial charge in [-0.1, -0.05) is 39.5 Å². The molecule has 20 heavy (non-hydrogen) atoms. The Morgan fingerprint density at radius 1 is 1.30 bits per heavy atom. The zero-order valence-corrected chi connectivity index (χ0v) is 13.5. The van der Waals surface area contributed by atoms with E-state index in [0.29, 0.717) is 6.54 Å². The quantitative estimate of drug-likeness (QED) is 0.801. The normalized spacial score (nSPS) is 30.6. The van der Waals surface area contributed by atoms with Crippen LogP contribution in [0.25, 0.3) is 0 Å². The Morgan fingerprint density at radius 2 is 2.00 bits per heavy atom. The Hall–Kier alpha value is -0.580. The van der Waals surface area contributed by atoms with Gasteiger partial charge in [-0.3, -0.25) is 4.79 Å². The van der Waals surface area contributed by atoms with E-state index in [-0.39, 0.29) is 28.9 Å². The summed E-state index contributed by atoms with van der Waals surface area (Å²) in [5, 5.41) is -0.299. The molecule has 1 aliphatic heterocycles. The highest BCUT2D eigenvalue weighted by Gasteiger charge is 2.44. The van der Waals surface area contributed by atoms with E-state index >= 15 is 0 Å². The van der Waals surface area contributed by atoms with Crippen LogP contribution in [0.5, 0.6) is 0 Å². The monoisotopic (exact) mass is 301 g/mol. The first-order valence-electron chi connectivity index (χ1n) is 7.99. The number of rotatable bonds is 4. The van der Waals surface area contributed by atoms with Crippen LogP contribution in [0.15, 0.2) is 0 Å². The molecule has 0 unspecified atom stereocenters. The second-order valence-corrected chi connectivity index (χ2v) is 8.67. The molecular formula is C15H27NO3S. The minimum atomic E-state index is -2.99. The minimum absolute atomic E-state index is 0.0262. The van der Waals surface area contributed by atoms with E-state index in [0.717, 1.165) is 44.9 Å². The molecule has 5 heteroatoms. The molecule has 2 rings (SSSR count). The molecule has 1 heterocycles. The molecular weight excluding hydrogens is 274 g/mol. The predicted molar refractivity (Wildman–Crippen MR) is 80.2 cm³/mol. The summed E-state index contributed by atoms with van der Waals surface area (Å²) in [6.45, 7) is 4.51. The van der Waals surface area contributed by atoms with Gasteiger partial charge in [0.15, 0.2) is 9.84 Å². The Bertz CT molecular complexity index is 446. The van der Waals surface area contributed by atoms with E-state index in [4.69, 9.17) is 0 Å². The second kappa shape index (κ2) is 6.46. The molecule has 1 amide bonds. The fourth-order valence-electron chi connectivity index (χ4n) is 3.59. The van der Waals surface area contributed by atoms with Crippen LogP contribution in [0.1, 0.15) is 58.8 Å². The van der Waals surface area contributed by atoms with Crippen molar-refractivity contribution in [1.82, 2.24) is 4.90 Å². The van der Waals surface area contributed by atoms with Crippen LogP contribution in [0, 0.1) is 5.92 Å². The van der Waals surface area contributed by atoms with Crippen molar-refractivity contribution in [3.05, 3.63) is 0 Å². The topological polar surface area (TPSA) is 54.5 Å². The number of fused-ring (bicyclic) bond motifs is 1. The fraction of sp³-hybridized carbons (Fsp3) is 0.933. The number of unbranched alkanes of at least 4 members (excludes halogenated alkanes) is 1. The average Bonchev–Trinajstić information content (AvgIpc) is 2.44. The third-order valence-corrected chi connectivity index (χ3v) is 7.07. The van der Waals surface area contributed by atoms with Crippen LogP contribution < -0.4 is 0 Å². The van der Waals surface area contributed by atoms with E-state index in [9.17, 15) is 13.2 Å². The van der Waals surface area contributed by atoms with Crippen LogP contribution in [-0.4, -0.2) is 42.8 Å². The van der Waals surface area contributed by atoms with E-state index in [1.807, 2.05) is 11.8 Å². The number of carbonyl (C=O) groups is 1. The average molecular weight is 301 g/mol. The second-order valence-electron chi connectivity index (χ2n) is 6.33. The molecule has 1 saturated heterocycles. The highest BCUT2D eigenvalue weighted by atomic mass is 32.2. The van der Waals surface area contributed by atoms with E-state index in [1.54, 1.807) is 0 Å². The molecule has 2 fully saturated rings. The molecule has 2 aliphatic rings.